The van der Waals surface area contributed by atoms with Gasteiger partial charge in [0.15, 0.2) is 0 Å². The van der Waals surface area contributed by atoms with Crippen LogP contribution in [0.1, 0.15) is 31.4 Å². The van der Waals surface area contributed by atoms with Crippen molar-refractivity contribution in [3.63, 3.8) is 0 Å². The van der Waals surface area contributed by atoms with Crippen molar-refractivity contribution in [2.45, 2.75) is 25.8 Å². The molecule has 1 atom stereocenters. The second kappa shape index (κ2) is 5.77. The summed E-state index contributed by atoms with van der Waals surface area (Å²) in [7, 11) is 0. The first-order valence-electron chi connectivity index (χ1n) is 5.96. The molecular weight excluding hydrogens is 219 g/mol. The fourth-order valence-corrected chi connectivity index (χ4v) is 2.06. The molecule has 4 heteroatoms. The Balaban J connectivity index is 2.28. The van der Waals surface area contributed by atoms with Crippen LogP contribution in [0.15, 0.2) is 30.3 Å². The Morgan fingerprint density at radius 1 is 1.59 bits per heavy atom. The van der Waals surface area contributed by atoms with E-state index in [1.165, 1.54) is 6.20 Å². The summed E-state index contributed by atoms with van der Waals surface area (Å²) < 4.78 is 19.1. The highest BCUT2D eigenvalue weighted by atomic mass is 19.1. The maximum atomic E-state index is 13.7. The zero-order chi connectivity index (χ0) is 12.1. The number of aromatic nitrogens is 1. The van der Waals surface area contributed by atoms with Crippen molar-refractivity contribution in [1.29, 1.82) is 0 Å². The molecule has 0 amide bonds. The van der Waals surface area contributed by atoms with Crippen LogP contribution in [0.5, 0.6) is 0 Å². The lowest BCUT2D eigenvalue weighted by Gasteiger charge is -2.24. The van der Waals surface area contributed by atoms with Crippen LogP contribution in [0.3, 0.4) is 0 Å². The molecule has 17 heavy (non-hydrogen) atoms. The van der Waals surface area contributed by atoms with Crippen LogP contribution in [0, 0.1) is 5.82 Å². The molecule has 1 aromatic rings. The second-order valence-electron chi connectivity index (χ2n) is 4.05. The topological polar surface area (TPSA) is 34.1 Å². The number of likely N-dealkylation sites (N-methyl/N-ethyl adjacent to an activating group) is 1. The van der Waals surface area contributed by atoms with E-state index in [-0.39, 0.29) is 11.9 Å². The molecule has 0 fully saturated rings. The van der Waals surface area contributed by atoms with Crippen LogP contribution in [0.2, 0.25) is 0 Å². The van der Waals surface area contributed by atoms with Crippen molar-refractivity contribution in [1.82, 2.24) is 10.3 Å². The van der Waals surface area contributed by atoms with Crippen LogP contribution in [-0.2, 0) is 4.74 Å². The Bertz CT molecular complexity index is 406. The molecule has 1 aromatic heterocycles. The third-order valence-corrected chi connectivity index (χ3v) is 2.86. The molecule has 92 valence electrons. The highest BCUT2D eigenvalue weighted by Crippen LogP contribution is 2.28. The number of rotatable bonds is 4. The van der Waals surface area contributed by atoms with E-state index < -0.39 is 0 Å². The number of halogens is 1. The third-order valence-electron chi connectivity index (χ3n) is 2.86. The van der Waals surface area contributed by atoms with E-state index in [1.807, 2.05) is 6.92 Å². The molecule has 0 aliphatic carbocycles. The summed E-state index contributed by atoms with van der Waals surface area (Å²) in [4.78, 5) is 3.78. The fraction of sp³-hybridized carbons (Fsp3) is 0.462. The first-order valence-corrected chi connectivity index (χ1v) is 5.96. The van der Waals surface area contributed by atoms with Gasteiger partial charge in [-0.15, -0.1) is 0 Å². The van der Waals surface area contributed by atoms with Crippen LogP contribution >= 0.6 is 0 Å². The smallest absolute Gasteiger partial charge is 0.146 e. The molecule has 0 saturated heterocycles. The van der Waals surface area contributed by atoms with E-state index in [2.05, 4.69) is 10.3 Å². The minimum absolute atomic E-state index is 0.108. The molecular formula is C13H17FN2O. The molecule has 1 unspecified atom stereocenters. The summed E-state index contributed by atoms with van der Waals surface area (Å²) >= 11 is 0. The van der Waals surface area contributed by atoms with Gasteiger partial charge < -0.3 is 10.1 Å². The third kappa shape index (κ3) is 2.82. The molecule has 3 nitrogen and oxygen atoms in total. The Labute approximate surface area is 101 Å². The van der Waals surface area contributed by atoms with Gasteiger partial charge >= 0.3 is 0 Å². The van der Waals surface area contributed by atoms with Gasteiger partial charge in [0, 0.05) is 11.8 Å². The lowest BCUT2D eigenvalue weighted by Crippen LogP contribution is -2.25. The standard InChI is InChI=1S/C13H17FN2O/c1-2-16-13(10-4-3-7-17-9-10)11-5-6-15-8-12(11)14/h5-6,8-9,13,16H,2-4,7H2,1H3. The predicted molar refractivity (Wildman–Crippen MR) is 63.9 cm³/mol. The molecule has 2 rings (SSSR count). The monoisotopic (exact) mass is 236 g/mol. The van der Waals surface area contributed by atoms with Crippen molar-refractivity contribution in [3.8, 4) is 0 Å². The predicted octanol–water partition coefficient (Wildman–Crippen LogP) is 2.57. The van der Waals surface area contributed by atoms with E-state index >= 15 is 0 Å². The van der Waals surface area contributed by atoms with E-state index in [1.54, 1.807) is 18.5 Å². The molecule has 1 aliphatic heterocycles. The summed E-state index contributed by atoms with van der Waals surface area (Å²) in [5.74, 6) is -0.273. The lowest BCUT2D eigenvalue weighted by atomic mass is 9.95. The summed E-state index contributed by atoms with van der Waals surface area (Å²) in [6, 6.07) is 1.61. The second-order valence-corrected chi connectivity index (χ2v) is 4.05. The van der Waals surface area contributed by atoms with Gasteiger partial charge in [0.05, 0.1) is 25.1 Å². The van der Waals surface area contributed by atoms with E-state index in [0.29, 0.717) is 5.56 Å². The van der Waals surface area contributed by atoms with E-state index in [9.17, 15) is 4.39 Å². The minimum atomic E-state index is -0.273. The number of pyridine rings is 1. The normalized spacial score (nSPS) is 17.2. The Kier molecular flexibility index (Phi) is 4.09. The number of hydrogen-bond donors (Lipinski definition) is 1. The quantitative estimate of drug-likeness (QED) is 0.872. The first kappa shape index (κ1) is 12.0. The Morgan fingerprint density at radius 2 is 2.47 bits per heavy atom. The van der Waals surface area contributed by atoms with Crippen molar-refractivity contribution in [2.24, 2.45) is 0 Å². The summed E-state index contributed by atoms with van der Waals surface area (Å²) in [6.45, 7) is 3.54. The molecule has 0 radical (unpaired) electrons. The number of ether oxygens (including phenoxy) is 1. The van der Waals surface area contributed by atoms with E-state index in [0.717, 1.165) is 31.6 Å². The molecule has 0 aromatic carbocycles. The van der Waals surface area contributed by atoms with Crippen LogP contribution < -0.4 is 5.32 Å². The molecule has 0 saturated carbocycles. The van der Waals surface area contributed by atoms with Crippen LogP contribution in [0.25, 0.3) is 0 Å². The van der Waals surface area contributed by atoms with Crippen LogP contribution in [-0.4, -0.2) is 18.1 Å². The molecule has 1 N–H and O–H groups in total. The number of hydrogen-bond acceptors (Lipinski definition) is 3. The Hall–Kier alpha value is -1.42. The highest BCUT2D eigenvalue weighted by Gasteiger charge is 2.20. The van der Waals surface area contributed by atoms with Gasteiger partial charge in [0.1, 0.15) is 5.82 Å². The maximum absolute atomic E-state index is 13.7. The van der Waals surface area contributed by atoms with Gasteiger partial charge in [-0.2, -0.15) is 0 Å². The largest absolute Gasteiger partial charge is 0.501 e. The number of nitrogens with zero attached hydrogens (tertiary/aromatic N) is 1. The average molecular weight is 236 g/mol. The zero-order valence-corrected chi connectivity index (χ0v) is 9.95. The molecule has 0 bridgehead atoms. The maximum Gasteiger partial charge on any atom is 0.146 e. The van der Waals surface area contributed by atoms with Crippen molar-refractivity contribution in [2.75, 3.05) is 13.2 Å². The molecule has 1 aliphatic rings. The summed E-state index contributed by atoms with van der Waals surface area (Å²) in [5, 5.41) is 3.29. The van der Waals surface area contributed by atoms with Gasteiger partial charge in [0.2, 0.25) is 0 Å². The Morgan fingerprint density at radius 3 is 3.12 bits per heavy atom. The van der Waals surface area contributed by atoms with Gasteiger partial charge in [-0.1, -0.05) is 6.92 Å². The van der Waals surface area contributed by atoms with Gasteiger partial charge in [-0.3, -0.25) is 4.98 Å². The van der Waals surface area contributed by atoms with Gasteiger partial charge in [0.25, 0.3) is 0 Å². The minimum Gasteiger partial charge on any atom is -0.501 e. The zero-order valence-electron chi connectivity index (χ0n) is 9.95. The van der Waals surface area contributed by atoms with Crippen molar-refractivity contribution >= 4 is 0 Å². The highest BCUT2D eigenvalue weighted by molar-refractivity contribution is 5.27. The summed E-state index contributed by atoms with van der Waals surface area (Å²) in [5.41, 5.74) is 1.74. The SMILES string of the molecule is CCNC(C1=COCCC1)c1ccncc1F. The lowest BCUT2D eigenvalue weighted by molar-refractivity contribution is 0.219. The average Bonchev–Trinajstić information content (AvgIpc) is 2.38. The fourth-order valence-electron chi connectivity index (χ4n) is 2.06. The molecule has 2 heterocycles. The number of nitrogens with one attached hydrogen (secondary N) is 1. The van der Waals surface area contributed by atoms with Crippen molar-refractivity contribution < 1.29 is 9.13 Å². The van der Waals surface area contributed by atoms with Crippen LogP contribution in [0.4, 0.5) is 4.39 Å². The summed E-state index contributed by atoms with van der Waals surface area (Å²) in [6.07, 6.45) is 6.56. The van der Waals surface area contributed by atoms with Crippen molar-refractivity contribution in [3.05, 3.63) is 41.7 Å². The molecule has 0 spiro atoms. The van der Waals surface area contributed by atoms with E-state index in [4.69, 9.17) is 4.74 Å². The van der Waals surface area contributed by atoms with Gasteiger partial charge in [-0.25, -0.2) is 4.39 Å². The van der Waals surface area contributed by atoms with Gasteiger partial charge in [-0.05, 0) is 31.0 Å². The first-order chi connectivity index (χ1) is 8.33.